The molecule has 22 heavy (non-hydrogen) atoms. The van der Waals surface area contributed by atoms with Gasteiger partial charge in [-0.15, -0.1) is 0 Å². The van der Waals surface area contributed by atoms with E-state index in [4.69, 9.17) is 0 Å². The molecule has 1 aliphatic carbocycles. The first kappa shape index (κ1) is 17.7. The van der Waals surface area contributed by atoms with Crippen molar-refractivity contribution in [1.82, 2.24) is 18.8 Å². The second kappa shape index (κ2) is 7.72. The maximum atomic E-state index is 12.7. The van der Waals surface area contributed by atoms with Gasteiger partial charge in [-0.25, -0.2) is 0 Å². The lowest BCUT2D eigenvalue weighted by molar-refractivity contribution is -0.131. The van der Waals surface area contributed by atoms with Crippen LogP contribution in [0, 0.1) is 0 Å². The van der Waals surface area contributed by atoms with E-state index >= 15 is 0 Å². The molecular formula is C14H28N4O3S. The average molecular weight is 332 g/mol. The highest BCUT2D eigenvalue weighted by Gasteiger charge is 2.35. The molecular weight excluding hydrogens is 304 g/mol. The molecule has 1 saturated carbocycles. The van der Waals surface area contributed by atoms with Gasteiger partial charge in [-0.2, -0.15) is 17.0 Å². The van der Waals surface area contributed by atoms with Crippen molar-refractivity contribution in [3.63, 3.8) is 0 Å². The lowest BCUT2D eigenvalue weighted by Gasteiger charge is -2.38. The summed E-state index contributed by atoms with van der Waals surface area (Å²) in [4.78, 5) is 13.5. The number of amides is 1. The van der Waals surface area contributed by atoms with Crippen LogP contribution < -0.4 is 5.32 Å². The number of hydrogen-bond acceptors (Lipinski definition) is 4. The minimum Gasteiger partial charge on any atom is -0.339 e. The van der Waals surface area contributed by atoms with E-state index in [2.05, 4.69) is 5.32 Å². The Morgan fingerprint density at radius 2 is 1.73 bits per heavy atom. The Hall–Kier alpha value is -0.700. The molecule has 1 N–H and O–H groups in total. The Morgan fingerprint density at radius 3 is 2.27 bits per heavy atom. The van der Waals surface area contributed by atoms with Gasteiger partial charge in [-0.1, -0.05) is 19.3 Å². The van der Waals surface area contributed by atoms with E-state index in [-0.39, 0.29) is 11.9 Å². The zero-order valence-electron chi connectivity index (χ0n) is 13.6. The van der Waals surface area contributed by atoms with E-state index in [1.54, 1.807) is 23.3 Å². The summed E-state index contributed by atoms with van der Waals surface area (Å²) in [5.74, 6) is 0.0279. The first-order valence-electron chi connectivity index (χ1n) is 8.12. The summed E-state index contributed by atoms with van der Waals surface area (Å²) in [6.45, 7) is 2.01. The van der Waals surface area contributed by atoms with Gasteiger partial charge >= 0.3 is 0 Å². The molecule has 1 aliphatic heterocycles. The average Bonchev–Trinajstić information content (AvgIpc) is 2.55. The highest BCUT2D eigenvalue weighted by Crippen LogP contribution is 2.25. The molecule has 0 aromatic carbocycles. The number of carbonyl (C=O) groups is 1. The number of likely N-dealkylation sites (N-methyl/N-ethyl adjacent to an activating group) is 1. The van der Waals surface area contributed by atoms with E-state index < -0.39 is 10.2 Å². The Morgan fingerprint density at radius 1 is 1.14 bits per heavy atom. The van der Waals surface area contributed by atoms with Crippen molar-refractivity contribution < 1.29 is 13.2 Å². The Bertz CT molecular complexity index is 468. The molecule has 2 rings (SSSR count). The van der Waals surface area contributed by atoms with Crippen LogP contribution in [0.5, 0.6) is 0 Å². The fourth-order valence-corrected chi connectivity index (χ4v) is 4.82. The third-order valence-electron chi connectivity index (χ3n) is 4.70. The highest BCUT2D eigenvalue weighted by atomic mass is 32.2. The van der Waals surface area contributed by atoms with Crippen molar-refractivity contribution in [2.45, 2.75) is 38.1 Å². The van der Waals surface area contributed by atoms with Gasteiger partial charge in [0.2, 0.25) is 5.91 Å². The predicted octanol–water partition coefficient (Wildman–Crippen LogP) is -0.141. The predicted molar refractivity (Wildman–Crippen MR) is 85.6 cm³/mol. The second-order valence-corrected chi connectivity index (χ2v) is 8.11. The van der Waals surface area contributed by atoms with Crippen LogP contribution in [0.15, 0.2) is 0 Å². The number of nitrogens with zero attached hydrogens (tertiary/aromatic N) is 3. The van der Waals surface area contributed by atoms with Gasteiger partial charge in [0.15, 0.2) is 0 Å². The van der Waals surface area contributed by atoms with Crippen LogP contribution in [0.3, 0.4) is 0 Å². The number of carbonyl (C=O) groups excluding carboxylic acids is 1. The fraction of sp³-hybridized carbons (Fsp3) is 0.929. The van der Waals surface area contributed by atoms with Gasteiger partial charge < -0.3 is 10.2 Å². The molecule has 2 fully saturated rings. The summed E-state index contributed by atoms with van der Waals surface area (Å²) in [6.07, 6.45) is 5.33. The summed E-state index contributed by atoms with van der Waals surface area (Å²) >= 11 is 0. The number of nitrogens with one attached hydrogen (secondary N) is 1. The zero-order valence-corrected chi connectivity index (χ0v) is 14.4. The largest absolute Gasteiger partial charge is 0.339 e. The monoisotopic (exact) mass is 332 g/mol. The van der Waals surface area contributed by atoms with Crippen molar-refractivity contribution in [2.24, 2.45) is 0 Å². The van der Waals surface area contributed by atoms with E-state index in [0.29, 0.717) is 32.7 Å². The number of rotatable bonds is 5. The van der Waals surface area contributed by atoms with E-state index in [1.807, 2.05) is 0 Å². The Labute approximate surface area is 133 Å². The standard InChI is InChI=1S/C14H28N4O3S/c1-15-12-14(19)17-8-10-18(11-9-17)22(20,21)16(2)13-6-4-3-5-7-13/h13,15H,3-12H2,1-2H3. The quantitative estimate of drug-likeness (QED) is 0.760. The number of hydrogen-bond donors (Lipinski definition) is 1. The number of piperazine rings is 1. The van der Waals surface area contributed by atoms with Crippen LogP contribution in [0.25, 0.3) is 0 Å². The summed E-state index contributed by atoms with van der Waals surface area (Å²) in [5, 5.41) is 2.84. The van der Waals surface area contributed by atoms with Gasteiger partial charge in [0.1, 0.15) is 0 Å². The molecule has 1 saturated heterocycles. The Kier molecular flexibility index (Phi) is 6.19. The zero-order chi connectivity index (χ0) is 16.2. The SMILES string of the molecule is CNCC(=O)N1CCN(S(=O)(=O)N(C)C2CCCCC2)CC1. The van der Waals surface area contributed by atoms with Crippen LogP contribution in [-0.4, -0.2) is 80.7 Å². The summed E-state index contributed by atoms with van der Waals surface area (Å²) in [6, 6.07) is 0.128. The van der Waals surface area contributed by atoms with Crippen molar-refractivity contribution in [1.29, 1.82) is 0 Å². The van der Waals surface area contributed by atoms with E-state index in [1.165, 1.54) is 10.7 Å². The molecule has 1 amide bonds. The van der Waals surface area contributed by atoms with Gasteiger partial charge in [0.05, 0.1) is 6.54 Å². The molecule has 0 radical (unpaired) electrons. The van der Waals surface area contributed by atoms with Gasteiger partial charge in [0, 0.05) is 39.3 Å². The van der Waals surface area contributed by atoms with E-state index in [0.717, 1.165) is 25.7 Å². The normalized spacial score (nSPS) is 22.2. The molecule has 0 bridgehead atoms. The van der Waals surface area contributed by atoms with Crippen molar-refractivity contribution in [3.8, 4) is 0 Å². The van der Waals surface area contributed by atoms with Crippen LogP contribution in [0.2, 0.25) is 0 Å². The smallest absolute Gasteiger partial charge is 0.282 e. The van der Waals surface area contributed by atoms with Crippen LogP contribution >= 0.6 is 0 Å². The first-order valence-corrected chi connectivity index (χ1v) is 9.52. The summed E-state index contributed by atoms with van der Waals surface area (Å²) in [7, 11) is 0.0221. The molecule has 8 heteroatoms. The molecule has 2 aliphatic rings. The van der Waals surface area contributed by atoms with Crippen LogP contribution in [-0.2, 0) is 15.0 Å². The molecule has 0 aromatic heterocycles. The third-order valence-corrected chi connectivity index (χ3v) is 6.74. The molecule has 1 heterocycles. The van der Waals surface area contributed by atoms with Crippen LogP contribution in [0.4, 0.5) is 0 Å². The minimum atomic E-state index is -3.41. The molecule has 7 nitrogen and oxygen atoms in total. The van der Waals surface area contributed by atoms with E-state index in [9.17, 15) is 13.2 Å². The summed E-state index contributed by atoms with van der Waals surface area (Å²) in [5.41, 5.74) is 0. The minimum absolute atomic E-state index is 0.0279. The van der Waals surface area contributed by atoms with Gasteiger partial charge in [0.25, 0.3) is 10.2 Å². The van der Waals surface area contributed by atoms with Crippen molar-refractivity contribution in [2.75, 3.05) is 46.8 Å². The Balaban J connectivity index is 1.92. The molecule has 0 atom stereocenters. The highest BCUT2D eigenvalue weighted by molar-refractivity contribution is 7.86. The maximum Gasteiger partial charge on any atom is 0.282 e. The third kappa shape index (κ3) is 3.98. The summed E-state index contributed by atoms with van der Waals surface area (Å²) < 4.78 is 28.5. The maximum absolute atomic E-state index is 12.7. The van der Waals surface area contributed by atoms with Gasteiger partial charge in [-0.05, 0) is 19.9 Å². The molecule has 0 spiro atoms. The fourth-order valence-electron chi connectivity index (χ4n) is 3.25. The lowest BCUT2D eigenvalue weighted by atomic mass is 9.96. The first-order chi connectivity index (χ1) is 10.5. The molecule has 128 valence electrons. The topological polar surface area (TPSA) is 73.0 Å². The lowest BCUT2D eigenvalue weighted by Crippen LogP contribution is -2.56. The molecule has 0 aromatic rings. The van der Waals surface area contributed by atoms with Gasteiger partial charge in [-0.3, -0.25) is 4.79 Å². The van der Waals surface area contributed by atoms with Crippen LogP contribution in [0.1, 0.15) is 32.1 Å². The molecule has 0 unspecified atom stereocenters. The van der Waals surface area contributed by atoms with Crippen molar-refractivity contribution >= 4 is 16.1 Å². The van der Waals surface area contributed by atoms with Crippen molar-refractivity contribution in [3.05, 3.63) is 0 Å². The second-order valence-electron chi connectivity index (χ2n) is 6.13.